The minimum atomic E-state index is -0.672. The van der Waals surface area contributed by atoms with Gasteiger partial charge in [0.25, 0.3) is 0 Å². The molecule has 3 heteroatoms. The second kappa shape index (κ2) is 19.2. The van der Waals surface area contributed by atoms with Crippen molar-refractivity contribution in [1.82, 2.24) is 4.57 Å². The summed E-state index contributed by atoms with van der Waals surface area (Å²) in [5.74, 6) is 1.56. The molecule has 14 rings (SSSR count). The van der Waals surface area contributed by atoms with Gasteiger partial charge in [-0.2, -0.15) is 0 Å². The highest BCUT2D eigenvalue weighted by atomic mass is 16.5. The quantitative estimate of drug-likeness (QED) is 0.120. The molecule has 1 aliphatic rings. The van der Waals surface area contributed by atoms with E-state index in [0.29, 0.717) is 0 Å². The maximum Gasteiger partial charge on any atom is 0.127 e. The Kier molecular flexibility index (Phi) is 11.6. The average Bonchev–Trinajstić information content (AvgIpc) is 4.23. The van der Waals surface area contributed by atoms with Gasteiger partial charge in [0.1, 0.15) is 11.5 Å². The standard InChI is InChI=1S/C77H58N2O/c1-6-51-21-39-64(40-22-51)80-65-41-33-59(34-42-65)77(58-31-29-57(30-32-58)76(3,4)5)72-20-14-13-19-68(72)69-44-38-63(50-73(69)77)78(62-37-43-67-56(48-62)25-24-54-15-11-12-18-66(54)67)61-35-26-53(27-36-61)55-28-46-75-71(49-55)70-47-52(7-2)23-45-74(70)79(75)60-16-9-8-10-17-60/h6-50H,1-2H2,3-5H3. The van der Waals surface area contributed by atoms with Crippen molar-refractivity contribution in [3.05, 3.63) is 313 Å². The first-order valence-corrected chi connectivity index (χ1v) is 27.6. The highest BCUT2D eigenvalue weighted by Crippen LogP contribution is 2.58. The molecule has 0 radical (unpaired) electrons. The number of hydrogen-bond acceptors (Lipinski definition) is 2. The van der Waals surface area contributed by atoms with Gasteiger partial charge in [-0.15, -0.1) is 0 Å². The van der Waals surface area contributed by atoms with E-state index in [1.165, 1.54) is 76.7 Å². The Hall–Kier alpha value is -9.96. The van der Waals surface area contributed by atoms with E-state index < -0.39 is 5.41 Å². The molecular weight excluding hydrogens is 969 g/mol. The van der Waals surface area contributed by atoms with Crippen LogP contribution in [0.4, 0.5) is 17.1 Å². The van der Waals surface area contributed by atoms with Crippen LogP contribution in [-0.2, 0) is 10.8 Å². The minimum Gasteiger partial charge on any atom is -0.457 e. The lowest BCUT2D eigenvalue weighted by Gasteiger charge is -2.35. The highest BCUT2D eigenvalue weighted by molar-refractivity contribution is 6.11. The second-order valence-electron chi connectivity index (χ2n) is 22.2. The molecule has 12 aromatic carbocycles. The van der Waals surface area contributed by atoms with E-state index in [0.717, 1.165) is 62.1 Å². The van der Waals surface area contributed by atoms with E-state index in [4.69, 9.17) is 4.74 Å². The first-order chi connectivity index (χ1) is 39.2. The molecule has 80 heavy (non-hydrogen) atoms. The van der Waals surface area contributed by atoms with Crippen molar-refractivity contribution in [2.75, 3.05) is 4.90 Å². The van der Waals surface area contributed by atoms with Crippen LogP contribution in [0.25, 0.3) is 83.4 Å². The van der Waals surface area contributed by atoms with Crippen LogP contribution in [0.1, 0.15) is 59.7 Å². The zero-order valence-corrected chi connectivity index (χ0v) is 45.2. The van der Waals surface area contributed by atoms with Crippen molar-refractivity contribution in [3.63, 3.8) is 0 Å². The molecule has 0 saturated heterocycles. The summed E-state index contributed by atoms with van der Waals surface area (Å²) in [6.07, 6.45) is 3.78. The molecule has 1 aliphatic carbocycles. The van der Waals surface area contributed by atoms with Crippen molar-refractivity contribution in [3.8, 4) is 39.4 Å². The normalized spacial score (nSPS) is 13.8. The van der Waals surface area contributed by atoms with Gasteiger partial charge in [0.2, 0.25) is 0 Å². The number of ether oxygens (including phenoxy) is 1. The summed E-state index contributed by atoms with van der Waals surface area (Å²) in [6.45, 7) is 14.9. The smallest absolute Gasteiger partial charge is 0.127 e. The van der Waals surface area contributed by atoms with Gasteiger partial charge in [0.15, 0.2) is 0 Å². The zero-order chi connectivity index (χ0) is 54.1. The molecule has 0 spiro atoms. The Morgan fingerprint density at radius 3 is 1.71 bits per heavy atom. The van der Waals surface area contributed by atoms with Gasteiger partial charge >= 0.3 is 0 Å². The fraction of sp³-hybridized carbons (Fsp3) is 0.0649. The van der Waals surface area contributed by atoms with Gasteiger partial charge < -0.3 is 14.2 Å². The van der Waals surface area contributed by atoms with Crippen LogP contribution >= 0.6 is 0 Å². The van der Waals surface area contributed by atoms with Crippen LogP contribution in [0, 0.1) is 0 Å². The largest absolute Gasteiger partial charge is 0.457 e. The number of aromatic nitrogens is 1. The molecule has 382 valence electrons. The fourth-order valence-corrected chi connectivity index (χ4v) is 12.6. The van der Waals surface area contributed by atoms with E-state index in [-0.39, 0.29) is 5.41 Å². The van der Waals surface area contributed by atoms with Crippen LogP contribution in [0.2, 0.25) is 0 Å². The Morgan fingerprint density at radius 1 is 0.412 bits per heavy atom. The fourth-order valence-electron chi connectivity index (χ4n) is 12.6. The lowest BCUT2D eigenvalue weighted by Crippen LogP contribution is -2.29. The van der Waals surface area contributed by atoms with E-state index in [9.17, 15) is 0 Å². The van der Waals surface area contributed by atoms with Gasteiger partial charge in [-0.25, -0.2) is 0 Å². The minimum absolute atomic E-state index is 0.0135. The Bertz CT molecular complexity index is 4540. The molecule has 0 saturated carbocycles. The van der Waals surface area contributed by atoms with Crippen LogP contribution in [0.5, 0.6) is 11.5 Å². The number of fused-ring (bicyclic) bond motifs is 9. The van der Waals surface area contributed by atoms with Crippen LogP contribution in [-0.4, -0.2) is 4.57 Å². The molecule has 0 amide bonds. The highest BCUT2D eigenvalue weighted by Gasteiger charge is 2.46. The number of hydrogen-bond donors (Lipinski definition) is 0. The molecule has 3 nitrogen and oxygen atoms in total. The third-order valence-electron chi connectivity index (χ3n) is 16.6. The van der Waals surface area contributed by atoms with Crippen LogP contribution in [0.15, 0.2) is 274 Å². The van der Waals surface area contributed by atoms with E-state index in [1.54, 1.807) is 0 Å². The third-order valence-corrected chi connectivity index (χ3v) is 16.6. The van der Waals surface area contributed by atoms with Crippen molar-refractivity contribution in [1.29, 1.82) is 0 Å². The average molecular weight is 1030 g/mol. The maximum absolute atomic E-state index is 6.48. The zero-order valence-electron chi connectivity index (χ0n) is 45.2. The van der Waals surface area contributed by atoms with Crippen LogP contribution < -0.4 is 9.64 Å². The molecule has 1 heterocycles. The van der Waals surface area contributed by atoms with Gasteiger partial charge in [0.05, 0.1) is 16.4 Å². The first kappa shape index (κ1) is 48.4. The molecular formula is C77H58N2O. The number of anilines is 3. The predicted molar refractivity (Wildman–Crippen MR) is 339 cm³/mol. The predicted octanol–water partition coefficient (Wildman–Crippen LogP) is 21.0. The Morgan fingerprint density at radius 2 is 0.975 bits per heavy atom. The topological polar surface area (TPSA) is 17.4 Å². The molecule has 1 unspecified atom stereocenters. The van der Waals surface area contributed by atoms with Gasteiger partial charge in [0, 0.05) is 33.5 Å². The SMILES string of the molecule is C=Cc1ccc(Oc2ccc(C3(c4ccc(C(C)(C)C)cc4)c4ccccc4-c4ccc(N(c5ccc(-c6ccc7c(c6)c6cc(C=C)ccc6n7-c6ccccc6)cc5)c5ccc6c(ccc7ccccc76)c5)cc43)cc2)cc1. The summed E-state index contributed by atoms with van der Waals surface area (Å²) < 4.78 is 8.85. The number of para-hydroxylation sites is 1. The summed E-state index contributed by atoms with van der Waals surface area (Å²) >= 11 is 0. The van der Waals surface area contributed by atoms with Crippen molar-refractivity contribution >= 4 is 72.6 Å². The molecule has 1 atom stereocenters. The van der Waals surface area contributed by atoms with Crippen molar-refractivity contribution in [2.24, 2.45) is 0 Å². The number of nitrogens with zero attached hydrogens (tertiary/aromatic N) is 2. The van der Waals surface area contributed by atoms with Gasteiger partial charge in [-0.05, 0) is 185 Å². The summed E-state index contributed by atoms with van der Waals surface area (Å²) in [5, 5.41) is 7.30. The molecule has 0 aliphatic heterocycles. The second-order valence-corrected chi connectivity index (χ2v) is 22.2. The van der Waals surface area contributed by atoms with Crippen molar-refractivity contribution in [2.45, 2.75) is 31.6 Å². The summed E-state index contributed by atoms with van der Waals surface area (Å²) in [4.78, 5) is 2.44. The van der Waals surface area contributed by atoms with Crippen molar-refractivity contribution < 1.29 is 4.74 Å². The lowest BCUT2D eigenvalue weighted by molar-refractivity contribution is 0.482. The Balaban J connectivity index is 0.940. The van der Waals surface area contributed by atoms with Gasteiger partial charge in [-0.1, -0.05) is 210 Å². The van der Waals surface area contributed by atoms with Crippen LogP contribution in [0.3, 0.4) is 0 Å². The number of rotatable bonds is 11. The summed E-state index contributed by atoms with van der Waals surface area (Å²) in [5.41, 5.74) is 19.0. The maximum atomic E-state index is 6.48. The molecule has 1 aromatic heterocycles. The third kappa shape index (κ3) is 8.04. The van der Waals surface area contributed by atoms with Gasteiger partial charge in [-0.3, -0.25) is 0 Å². The molecule has 13 aromatic rings. The lowest BCUT2D eigenvalue weighted by atomic mass is 9.67. The van der Waals surface area contributed by atoms with E-state index >= 15 is 0 Å². The first-order valence-electron chi connectivity index (χ1n) is 27.6. The summed E-state index contributed by atoms with van der Waals surface area (Å²) in [7, 11) is 0. The molecule has 0 N–H and O–H groups in total. The van der Waals surface area contributed by atoms with E-state index in [1.807, 2.05) is 36.4 Å². The monoisotopic (exact) mass is 1030 g/mol. The number of benzene rings is 12. The summed E-state index contributed by atoms with van der Waals surface area (Å²) in [6, 6.07) is 95.8. The Labute approximate surface area is 468 Å². The molecule has 0 fully saturated rings. The van der Waals surface area contributed by atoms with E-state index in [2.05, 4.69) is 280 Å². The molecule has 0 bridgehead atoms.